The van der Waals surface area contributed by atoms with Crippen LogP contribution in [-0.2, 0) is 11.2 Å². The third-order valence-corrected chi connectivity index (χ3v) is 5.52. The van der Waals surface area contributed by atoms with Crippen molar-refractivity contribution in [1.29, 1.82) is 0 Å². The first-order chi connectivity index (χ1) is 15.1. The van der Waals surface area contributed by atoms with E-state index in [2.05, 4.69) is 22.3 Å². The topological polar surface area (TPSA) is 79.5 Å². The van der Waals surface area contributed by atoms with Gasteiger partial charge in [-0.15, -0.1) is 0 Å². The highest BCUT2D eigenvalue weighted by Gasteiger charge is 2.24. The fourth-order valence-electron chi connectivity index (χ4n) is 3.76. The lowest BCUT2D eigenvalue weighted by Crippen LogP contribution is -2.50. The molecule has 0 saturated carbocycles. The standard InChI is InChI=1S/C24H26N4O3/c1-18-25-23(31-26-18)20-10-12-21(13-11-20)24(30)28-16-14-27(15-17-28)22(29)9-5-8-19-6-3-2-4-7-19/h2-4,6-7,10-13H,5,8-9,14-17H2,1H3. The first-order valence-electron chi connectivity index (χ1n) is 10.6. The summed E-state index contributed by atoms with van der Waals surface area (Å²) in [7, 11) is 0. The van der Waals surface area contributed by atoms with Gasteiger partial charge < -0.3 is 14.3 Å². The first-order valence-corrected chi connectivity index (χ1v) is 10.6. The molecule has 1 aliphatic heterocycles. The molecule has 0 bridgehead atoms. The van der Waals surface area contributed by atoms with E-state index >= 15 is 0 Å². The molecule has 0 unspecified atom stereocenters. The van der Waals surface area contributed by atoms with Crippen molar-refractivity contribution in [3.8, 4) is 11.5 Å². The summed E-state index contributed by atoms with van der Waals surface area (Å²) in [6.07, 6.45) is 2.29. The van der Waals surface area contributed by atoms with Gasteiger partial charge in [-0.25, -0.2) is 0 Å². The number of amides is 2. The Morgan fingerprint density at radius 3 is 2.26 bits per heavy atom. The number of nitrogens with zero attached hydrogens (tertiary/aromatic N) is 4. The fourth-order valence-corrected chi connectivity index (χ4v) is 3.76. The molecule has 1 saturated heterocycles. The lowest BCUT2D eigenvalue weighted by molar-refractivity contribution is -0.132. The number of hydrogen-bond acceptors (Lipinski definition) is 5. The van der Waals surface area contributed by atoms with Crippen LogP contribution in [0.4, 0.5) is 0 Å². The molecular formula is C24H26N4O3. The second kappa shape index (κ2) is 9.55. The summed E-state index contributed by atoms with van der Waals surface area (Å²) in [5.41, 5.74) is 2.65. The minimum Gasteiger partial charge on any atom is -0.339 e. The lowest BCUT2D eigenvalue weighted by Gasteiger charge is -2.35. The number of carbonyl (C=O) groups excluding carboxylic acids is 2. The third kappa shape index (κ3) is 5.17. The van der Waals surface area contributed by atoms with E-state index < -0.39 is 0 Å². The van der Waals surface area contributed by atoms with E-state index in [-0.39, 0.29) is 11.8 Å². The Balaban J connectivity index is 1.25. The highest BCUT2D eigenvalue weighted by Crippen LogP contribution is 2.19. The van der Waals surface area contributed by atoms with E-state index in [0.29, 0.717) is 49.9 Å². The van der Waals surface area contributed by atoms with Gasteiger partial charge in [0.05, 0.1) is 0 Å². The van der Waals surface area contributed by atoms with Gasteiger partial charge in [-0.05, 0) is 49.6 Å². The molecule has 3 aromatic rings. The molecule has 4 rings (SSSR count). The van der Waals surface area contributed by atoms with Gasteiger partial charge in [0.2, 0.25) is 5.91 Å². The number of rotatable bonds is 6. The molecule has 31 heavy (non-hydrogen) atoms. The molecule has 7 nitrogen and oxygen atoms in total. The summed E-state index contributed by atoms with van der Waals surface area (Å²) in [5, 5.41) is 3.79. The second-order valence-electron chi connectivity index (χ2n) is 7.74. The quantitative estimate of drug-likeness (QED) is 0.613. The molecule has 2 heterocycles. The van der Waals surface area contributed by atoms with Gasteiger partial charge in [0.25, 0.3) is 11.8 Å². The molecule has 1 aromatic heterocycles. The van der Waals surface area contributed by atoms with Gasteiger partial charge in [-0.1, -0.05) is 35.5 Å². The van der Waals surface area contributed by atoms with Gasteiger partial charge in [0, 0.05) is 43.7 Å². The van der Waals surface area contributed by atoms with Crippen LogP contribution in [-0.4, -0.2) is 57.9 Å². The fraction of sp³-hybridized carbons (Fsp3) is 0.333. The summed E-state index contributed by atoms with van der Waals surface area (Å²) < 4.78 is 5.16. The van der Waals surface area contributed by atoms with Crippen LogP contribution in [0.15, 0.2) is 59.1 Å². The molecule has 0 aliphatic carbocycles. The van der Waals surface area contributed by atoms with Crippen molar-refractivity contribution >= 4 is 11.8 Å². The van der Waals surface area contributed by atoms with Crippen molar-refractivity contribution in [2.75, 3.05) is 26.2 Å². The van der Waals surface area contributed by atoms with Gasteiger partial charge >= 0.3 is 0 Å². The molecular weight excluding hydrogens is 392 g/mol. The second-order valence-corrected chi connectivity index (χ2v) is 7.74. The monoisotopic (exact) mass is 418 g/mol. The Hall–Kier alpha value is -3.48. The van der Waals surface area contributed by atoms with Gasteiger partial charge in [0.15, 0.2) is 5.82 Å². The van der Waals surface area contributed by atoms with Crippen molar-refractivity contribution in [1.82, 2.24) is 19.9 Å². The zero-order valence-corrected chi connectivity index (χ0v) is 17.7. The highest BCUT2D eigenvalue weighted by molar-refractivity contribution is 5.94. The summed E-state index contributed by atoms with van der Waals surface area (Å²) in [4.78, 5) is 33.2. The molecule has 1 fully saturated rings. The van der Waals surface area contributed by atoms with Crippen molar-refractivity contribution in [3.05, 3.63) is 71.5 Å². The Morgan fingerprint density at radius 2 is 1.61 bits per heavy atom. The average molecular weight is 418 g/mol. The van der Waals surface area contributed by atoms with Crippen LogP contribution in [0, 0.1) is 6.92 Å². The molecule has 2 aromatic carbocycles. The molecule has 1 aliphatic rings. The lowest BCUT2D eigenvalue weighted by atomic mass is 10.1. The Bertz CT molecular complexity index is 1020. The maximum atomic E-state index is 12.8. The maximum absolute atomic E-state index is 12.8. The normalized spacial score (nSPS) is 14.0. The van der Waals surface area contributed by atoms with Crippen molar-refractivity contribution in [2.45, 2.75) is 26.2 Å². The van der Waals surface area contributed by atoms with Crippen molar-refractivity contribution in [3.63, 3.8) is 0 Å². The van der Waals surface area contributed by atoms with Crippen LogP contribution in [0.2, 0.25) is 0 Å². The predicted octanol–water partition coefficient (Wildman–Crippen LogP) is 3.35. The third-order valence-electron chi connectivity index (χ3n) is 5.52. The van der Waals surface area contributed by atoms with Crippen molar-refractivity contribution < 1.29 is 14.1 Å². The van der Waals surface area contributed by atoms with Crippen LogP contribution in [0.3, 0.4) is 0 Å². The summed E-state index contributed by atoms with van der Waals surface area (Å²) >= 11 is 0. The van der Waals surface area contributed by atoms with Crippen LogP contribution in [0.5, 0.6) is 0 Å². The smallest absolute Gasteiger partial charge is 0.257 e. The summed E-state index contributed by atoms with van der Waals surface area (Å²) in [5.74, 6) is 1.16. The number of aryl methyl sites for hydroxylation is 2. The molecule has 7 heteroatoms. The minimum absolute atomic E-state index is 0.0237. The van der Waals surface area contributed by atoms with E-state index in [1.807, 2.05) is 35.2 Å². The number of carbonyl (C=O) groups is 2. The van der Waals surface area contributed by atoms with Gasteiger partial charge in [0.1, 0.15) is 0 Å². The molecule has 0 spiro atoms. The SMILES string of the molecule is Cc1noc(-c2ccc(C(=O)N3CCN(C(=O)CCCc4ccccc4)CC3)cc2)n1. The van der Waals surface area contributed by atoms with E-state index in [4.69, 9.17) is 4.52 Å². The first kappa shape index (κ1) is 20.8. The van der Waals surface area contributed by atoms with E-state index in [1.165, 1.54) is 5.56 Å². The zero-order valence-electron chi connectivity index (χ0n) is 17.7. The largest absolute Gasteiger partial charge is 0.339 e. The number of benzene rings is 2. The predicted molar refractivity (Wildman–Crippen MR) is 116 cm³/mol. The molecule has 160 valence electrons. The van der Waals surface area contributed by atoms with Crippen LogP contribution >= 0.6 is 0 Å². The maximum Gasteiger partial charge on any atom is 0.257 e. The van der Waals surface area contributed by atoms with Crippen LogP contribution in [0.25, 0.3) is 11.5 Å². The van der Waals surface area contributed by atoms with Crippen LogP contribution < -0.4 is 0 Å². The summed E-state index contributed by atoms with van der Waals surface area (Å²) in [6.45, 7) is 4.02. The van der Waals surface area contributed by atoms with E-state index in [1.54, 1.807) is 24.0 Å². The Labute approximate surface area is 181 Å². The van der Waals surface area contributed by atoms with Gasteiger partial charge in [-0.3, -0.25) is 9.59 Å². The molecule has 0 N–H and O–H groups in total. The van der Waals surface area contributed by atoms with Crippen LogP contribution in [0.1, 0.15) is 34.6 Å². The summed E-state index contributed by atoms with van der Waals surface area (Å²) in [6, 6.07) is 17.4. The van der Waals surface area contributed by atoms with Gasteiger partial charge in [-0.2, -0.15) is 4.98 Å². The van der Waals surface area contributed by atoms with E-state index in [0.717, 1.165) is 18.4 Å². The molecule has 2 amide bonds. The number of piperazine rings is 1. The van der Waals surface area contributed by atoms with E-state index in [9.17, 15) is 9.59 Å². The minimum atomic E-state index is -0.0237. The highest BCUT2D eigenvalue weighted by atomic mass is 16.5. The number of aromatic nitrogens is 2. The zero-order chi connectivity index (χ0) is 21.6. The van der Waals surface area contributed by atoms with Crippen molar-refractivity contribution in [2.24, 2.45) is 0 Å². The Kier molecular flexibility index (Phi) is 6.40. The Morgan fingerprint density at radius 1 is 0.935 bits per heavy atom. The molecule has 0 radical (unpaired) electrons. The average Bonchev–Trinajstić information content (AvgIpc) is 3.26. The number of hydrogen-bond donors (Lipinski definition) is 0. The molecule has 0 atom stereocenters.